The highest BCUT2D eigenvalue weighted by atomic mass is 32.2. The van der Waals surface area contributed by atoms with Crippen molar-refractivity contribution in [3.8, 4) is 5.75 Å². The maximum Gasteiger partial charge on any atom is 0.163 e. The Hall–Kier alpha value is -2.07. The maximum atomic E-state index is 10.6. The van der Waals surface area contributed by atoms with Gasteiger partial charge in [0, 0.05) is 21.4 Å². The van der Waals surface area contributed by atoms with E-state index in [2.05, 4.69) is 6.07 Å². The first-order chi connectivity index (χ1) is 14.3. The molecule has 0 saturated carbocycles. The van der Waals surface area contributed by atoms with Crippen LogP contribution in [0.2, 0.25) is 0 Å². The summed E-state index contributed by atoms with van der Waals surface area (Å²) < 4.78 is 7.54. The number of hydrogen-bond acceptors (Lipinski definition) is 7. The molecule has 5 atom stereocenters. The minimum Gasteiger partial charge on any atom is -0.508 e. The standard InChI is InChI=1S/C22H25NO6S/c1-11-7-12(2)18-15(8-11)23(9-17(18)30-14-5-3-13(25)4-6-14)22-21(28)20(27)19(26)16(10-24)29-22/h3-9,16,19-22,24-28H,10H2,1-2H3/t16-,19-,20+,21-,22-/m1/s1. The number of fused-ring (bicyclic) bond motifs is 1. The Kier molecular flexibility index (Phi) is 5.80. The van der Waals surface area contributed by atoms with Crippen LogP contribution >= 0.6 is 11.8 Å². The van der Waals surface area contributed by atoms with Crippen LogP contribution in [0.1, 0.15) is 17.4 Å². The molecule has 1 saturated heterocycles. The van der Waals surface area contributed by atoms with Crippen LogP contribution in [0.3, 0.4) is 0 Å². The van der Waals surface area contributed by atoms with Crippen molar-refractivity contribution in [3.63, 3.8) is 0 Å². The first-order valence-electron chi connectivity index (χ1n) is 9.69. The lowest BCUT2D eigenvalue weighted by Gasteiger charge is -2.40. The molecule has 0 spiro atoms. The lowest BCUT2D eigenvalue weighted by molar-refractivity contribution is -0.250. The molecule has 0 aliphatic carbocycles. The lowest BCUT2D eigenvalue weighted by atomic mass is 9.98. The summed E-state index contributed by atoms with van der Waals surface area (Å²) in [4.78, 5) is 1.85. The number of rotatable bonds is 4. The van der Waals surface area contributed by atoms with Crippen molar-refractivity contribution in [2.75, 3.05) is 6.61 Å². The summed E-state index contributed by atoms with van der Waals surface area (Å²) in [6, 6.07) is 10.9. The van der Waals surface area contributed by atoms with Crippen molar-refractivity contribution >= 4 is 22.7 Å². The zero-order chi connectivity index (χ0) is 21.6. The molecule has 3 aromatic rings. The number of nitrogens with zero attached hydrogens (tertiary/aromatic N) is 1. The Balaban J connectivity index is 1.83. The van der Waals surface area contributed by atoms with E-state index in [4.69, 9.17) is 4.74 Å². The zero-order valence-corrected chi connectivity index (χ0v) is 17.5. The smallest absolute Gasteiger partial charge is 0.163 e. The first-order valence-corrected chi connectivity index (χ1v) is 10.5. The Morgan fingerprint density at radius 1 is 1.00 bits per heavy atom. The molecule has 1 aliphatic heterocycles. The van der Waals surface area contributed by atoms with Gasteiger partial charge in [0.15, 0.2) is 6.23 Å². The average molecular weight is 432 g/mol. The number of aryl methyl sites for hydroxylation is 2. The summed E-state index contributed by atoms with van der Waals surface area (Å²) in [5, 5.41) is 51.1. The highest BCUT2D eigenvalue weighted by Crippen LogP contribution is 2.41. The average Bonchev–Trinajstić information content (AvgIpc) is 3.06. The van der Waals surface area contributed by atoms with Crippen molar-refractivity contribution in [3.05, 3.63) is 53.7 Å². The fraction of sp³-hybridized carbons (Fsp3) is 0.364. The van der Waals surface area contributed by atoms with Gasteiger partial charge in [-0.3, -0.25) is 0 Å². The molecule has 0 unspecified atom stereocenters. The second kappa shape index (κ2) is 8.22. The van der Waals surface area contributed by atoms with Gasteiger partial charge in [-0.2, -0.15) is 0 Å². The van der Waals surface area contributed by atoms with Gasteiger partial charge in [-0.15, -0.1) is 0 Å². The molecule has 1 fully saturated rings. The summed E-state index contributed by atoms with van der Waals surface area (Å²) in [6.45, 7) is 3.51. The number of hydrogen-bond donors (Lipinski definition) is 5. The van der Waals surface area contributed by atoms with E-state index in [1.54, 1.807) is 16.7 Å². The number of benzene rings is 2. The summed E-state index contributed by atoms with van der Waals surface area (Å²) in [7, 11) is 0. The SMILES string of the molecule is Cc1cc(C)c2c(Sc3ccc(O)cc3)cn([C@@H]3O[C@H](CO)[C@@H](O)[C@H](O)[C@H]3O)c2c1. The first kappa shape index (κ1) is 21.2. The van der Waals surface area contributed by atoms with Gasteiger partial charge in [-0.05, 0) is 55.3 Å². The summed E-state index contributed by atoms with van der Waals surface area (Å²) in [5.41, 5.74) is 2.90. The van der Waals surface area contributed by atoms with Crippen molar-refractivity contribution < 1.29 is 30.3 Å². The monoisotopic (exact) mass is 431 g/mol. The molecular formula is C22H25NO6S. The van der Waals surface area contributed by atoms with E-state index in [-0.39, 0.29) is 5.75 Å². The normalized spacial score (nSPS) is 26.9. The van der Waals surface area contributed by atoms with Gasteiger partial charge in [0.05, 0.1) is 12.1 Å². The molecule has 1 aromatic heterocycles. The van der Waals surface area contributed by atoms with Gasteiger partial charge in [-0.25, -0.2) is 0 Å². The Labute approximate surface area is 178 Å². The minimum absolute atomic E-state index is 0.190. The van der Waals surface area contributed by atoms with Gasteiger partial charge in [0.25, 0.3) is 0 Å². The Morgan fingerprint density at radius 2 is 1.70 bits per heavy atom. The number of aromatic hydroxyl groups is 1. The van der Waals surface area contributed by atoms with Gasteiger partial charge >= 0.3 is 0 Å². The predicted molar refractivity (Wildman–Crippen MR) is 113 cm³/mol. The maximum absolute atomic E-state index is 10.6. The largest absolute Gasteiger partial charge is 0.508 e. The van der Waals surface area contributed by atoms with E-state index >= 15 is 0 Å². The van der Waals surface area contributed by atoms with E-state index in [0.29, 0.717) is 0 Å². The van der Waals surface area contributed by atoms with Gasteiger partial charge in [-0.1, -0.05) is 17.8 Å². The van der Waals surface area contributed by atoms with Crippen LogP contribution in [0.4, 0.5) is 0 Å². The second-order valence-electron chi connectivity index (χ2n) is 7.69. The molecule has 8 heteroatoms. The van der Waals surface area contributed by atoms with Crippen LogP contribution in [0.5, 0.6) is 5.75 Å². The summed E-state index contributed by atoms with van der Waals surface area (Å²) in [5.74, 6) is 0.190. The molecule has 1 aliphatic rings. The van der Waals surface area contributed by atoms with Crippen LogP contribution in [-0.2, 0) is 4.74 Å². The third-order valence-electron chi connectivity index (χ3n) is 5.45. The fourth-order valence-electron chi connectivity index (χ4n) is 3.97. The third-order valence-corrected chi connectivity index (χ3v) is 6.48. The molecule has 30 heavy (non-hydrogen) atoms. The van der Waals surface area contributed by atoms with Gasteiger partial charge in [0.1, 0.15) is 30.2 Å². The van der Waals surface area contributed by atoms with Crippen LogP contribution < -0.4 is 0 Å². The third kappa shape index (κ3) is 3.71. The number of phenolic OH excluding ortho intramolecular Hbond substituents is 1. The number of ether oxygens (including phenoxy) is 1. The van der Waals surface area contributed by atoms with E-state index in [9.17, 15) is 25.5 Å². The molecular weight excluding hydrogens is 406 g/mol. The highest BCUT2D eigenvalue weighted by Gasteiger charge is 2.44. The van der Waals surface area contributed by atoms with Crippen LogP contribution in [0.25, 0.3) is 10.9 Å². The molecule has 0 radical (unpaired) electrons. The van der Waals surface area contributed by atoms with Crippen LogP contribution in [0, 0.1) is 13.8 Å². The molecule has 160 valence electrons. The number of aliphatic hydroxyl groups excluding tert-OH is 4. The molecule has 2 heterocycles. The van der Waals surface area contributed by atoms with E-state index in [1.165, 1.54) is 11.8 Å². The second-order valence-corrected chi connectivity index (χ2v) is 8.81. The van der Waals surface area contributed by atoms with E-state index in [1.807, 2.05) is 38.2 Å². The molecule has 0 amide bonds. The number of aliphatic hydroxyl groups is 4. The van der Waals surface area contributed by atoms with Crippen LogP contribution in [-0.4, -0.2) is 61.1 Å². The van der Waals surface area contributed by atoms with Gasteiger partial charge in [0.2, 0.25) is 0 Å². The van der Waals surface area contributed by atoms with Crippen molar-refractivity contribution in [1.82, 2.24) is 4.57 Å². The molecule has 0 bridgehead atoms. The summed E-state index contributed by atoms with van der Waals surface area (Å²) in [6.07, 6.45) is -4.33. The number of aromatic nitrogens is 1. The lowest BCUT2D eigenvalue weighted by Crippen LogP contribution is -2.56. The fourth-order valence-corrected chi connectivity index (χ4v) is 5.03. The molecule has 4 rings (SSSR count). The molecule has 2 aromatic carbocycles. The van der Waals surface area contributed by atoms with Crippen LogP contribution in [0.15, 0.2) is 52.4 Å². The molecule has 5 N–H and O–H groups in total. The quantitative estimate of drug-likeness (QED) is 0.430. The minimum atomic E-state index is -1.45. The zero-order valence-electron chi connectivity index (χ0n) is 16.6. The van der Waals surface area contributed by atoms with E-state index in [0.717, 1.165) is 31.8 Å². The van der Waals surface area contributed by atoms with Gasteiger partial charge < -0.3 is 34.8 Å². The molecule has 7 nitrogen and oxygen atoms in total. The summed E-state index contributed by atoms with van der Waals surface area (Å²) >= 11 is 1.51. The van der Waals surface area contributed by atoms with Crippen molar-refractivity contribution in [2.45, 2.75) is 54.3 Å². The topological polar surface area (TPSA) is 115 Å². The predicted octanol–water partition coefficient (Wildman–Crippen LogP) is 2.09. The Morgan fingerprint density at radius 3 is 2.37 bits per heavy atom. The number of phenols is 1. The van der Waals surface area contributed by atoms with Crippen molar-refractivity contribution in [1.29, 1.82) is 0 Å². The van der Waals surface area contributed by atoms with Crippen molar-refractivity contribution in [2.24, 2.45) is 0 Å². The van der Waals surface area contributed by atoms with E-state index < -0.39 is 37.3 Å². The highest BCUT2D eigenvalue weighted by molar-refractivity contribution is 7.99. The Bertz CT molecular complexity index is 1050.